The SMILES string of the molecule is O=C(CCc1ccc(Cl)cc1)N1CCCC[C@H]1c1ccn[nH]1. The Morgan fingerprint density at radius 1 is 1.27 bits per heavy atom. The topological polar surface area (TPSA) is 49.0 Å². The predicted molar refractivity (Wildman–Crippen MR) is 86.7 cm³/mol. The number of carbonyl (C=O) groups excluding carboxylic acids is 1. The number of nitrogens with zero attached hydrogens (tertiary/aromatic N) is 2. The zero-order valence-electron chi connectivity index (χ0n) is 12.5. The quantitative estimate of drug-likeness (QED) is 0.933. The lowest BCUT2D eigenvalue weighted by Crippen LogP contribution is -2.38. The summed E-state index contributed by atoms with van der Waals surface area (Å²) in [7, 11) is 0. The van der Waals surface area contributed by atoms with Crippen LogP contribution >= 0.6 is 11.6 Å². The monoisotopic (exact) mass is 317 g/mol. The van der Waals surface area contributed by atoms with Crippen molar-refractivity contribution in [1.82, 2.24) is 15.1 Å². The molecule has 0 aliphatic carbocycles. The van der Waals surface area contributed by atoms with Crippen LogP contribution in [0, 0.1) is 0 Å². The number of aromatic amines is 1. The molecule has 1 saturated heterocycles. The molecule has 1 atom stereocenters. The summed E-state index contributed by atoms with van der Waals surface area (Å²) < 4.78 is 0. The van der Waals surface area contributed by atoms with Crippen molar-refractivity contribution in [3.8, 4) is 0 Å². The second-order valence-electron chi connectivity index (χ2n) is 5.74. The van der Waals surface area contributed by atoms with Crippen molar-refractivity contribution in [3.63, 3.8) is 0 Å². The molecule has 0 saturated carbocycles. The summed E-state index contributed by atoms with van der Waals surface area (Å²) in [5.74, 6) is 0.217. The minimum Gasteiger partial charge on any atom is -0.334 e. The van der Waals surface area contributed by atoms with E-state index < -0.39 is 0 Å². The summed E-state index contributed by atoms with van der Waals surface area (Å²) in [6.45, 7) is 0.836. The van der Waals surface area contributed by atoms with E-state index in [-0.39, 0.29) is 11.9 Å². The van der Waals surface area contributed by atoms with Gasteiger partial charge in [-0.25, -0.2) is 0 Å². The lowest BCUT2D eigenvalue weighted by Gasteiger charge is -2.35. The fourth-order valence-electron chi connectivity index (χ4n) is 3.05. The number of hydrogen-bond acceptors (Lipinski definition) is 2. The van der Waals surface area contributed by atoms with Crippen LogP contribution in [-0.2, 0) is 11.2 Å². The summed E-state index contributed by atoms with van der Waals surface area (Å²) in [6.07, 6.45) is 6.28. The van der Waals surface area contributed by atoms with E-state index in [0.29, 0.717) is 6.42 Å². The lowest BCUT2D eigenvalue weighted by molar-refractivity contribution is -0.135. The van der Waals surface area contributed by atoms with Gasteiger partial charge >= 0.3 is 0 Å². The van der Waals surface area contributed by atoms with Gasteiger partial charge < -0.3 is 4.90 Å². The number of halogens is 1. The van der Waals surface area contributed by atoms with E-state index in [1.165, 1.54) is 0 Å². The van der Waals surface area contributed by atoms with E-state index in [1.54, 1.807) is 6.20 Å². The Labute approximate surface area is 135 Å². The number of benzene rings is 1. The molecule has 0 bridgehead atoms. The molecular weight excluding hydrogens is 298 g/mol. The van der Waals surface area contributed by atoms with Crippen LogP contribution in [0.15, 0.2) is 36.5 Å². The first-order valence-electron chi connectivity index (χ1n) is 7.77. The van der Waals surface area contributed by atoms with Gasteiger partial charge in [-0.05, 0) is 49.4 Å². The Bertz CT molecular complexity index is 609. The number of aryl methyl sites for hydroxylation is 1. The van der Waals surface area contributed by atoms with Crippen molar-refractivity contribution < 1.29 is 4.79 Å². The van der Waals surface area contributed by atoms with Crippen LogP contribution in [0.2, 0.25) is 5.02 Å². The minimum absolute atomic E-state index is 0.147. The number of carbonyl (C=O) groups is 1. The number of rotatable bonds is 4. The zero-order valence-corrected chi connectivity index (χ0v) is 13.2. The lowest BCUT2D eigenvalue weighted by atomic mass is 9.98. The molecule has 1 aromatic carbocycles. The second-order valence-corrected chi connectivity index (χ2v) is 6.17. The second kappa shape index (κ2) is 6.97. The average Bonchev–Trinajstić information content (AvgIpc) is 3.08. The molecule has 5 heteroatoms. The molecule has 0 unspecified atom stereocenters. The number of H-pyrrole nitrogens is 1. The van der Waals surface area contributed by atoms with E-state index >= 15 is 0 Å². The van der Waals surface area contributed by atoms with Crippen LogP contribution in [0.1, 0.15) is 43.0 Å². The van der Waals surface area contributed by atoms with Crippen molar-refractivity contribution in [3.05, 3.63) is 52.8 Å². The van der Waals surface area contributed by atoms with Crippen molar-refractivity contribution in [1.29, 1.82) is 0 Å². The average molecular weight is 318 g/mol. The van der Waals surface area contributed by atoms with Crippen molar-refractivity contribution in [2.75, 3.05) is 6.54 Å². The van der Waals surface area contributed by atoms with Gasteiger partial charge in [-0.1, -0.05) is 23.7 Å². The molecule has 3 rings (SSSR count). The van der Waals surface area contributed by atoms with Gasteiger partial charge in [0.25, 0.3) is 0 Å². The summed E-state index contributed by atoms with van der Waals surface area (Å²) >= 11 is 5.89. The Kier molecular flexibility index (Phi) is 4.78. The maximum Gasteiger partial charge on any atom is 0.223 e. The molecule has 1 amide bonds. The highest BCUT2D eigenvalue weighted by atomic mass is 35.5. The molecule has 2 heterocycles. The first-order valence-corrected chi connectivity index (χ1v) is 8.15. The van der Waals surface area contributed by atoms with Crippen LogP contribution in [0.25, 0.3) is 0 Å². The molecule has 1 fully saturated rings. The van der Waals surface area contributed by atoms with Gasteiger partial charge in [0.05, 0.1) is 11.7 Å². The van der Waals surface area contributed by atoms with Crippen LogP contribution in [0.3, 0.4) is 0 Å². The third-order valence-electron chi connectivity index (χ3n) is 4.25. The van der Waals surface area contributed by atoms with Crippen LogP contribution in [0.5, 0.6) is 0 Å². The molecular formula is C17H20ClN3O. The third kappa shape index (κ3) is 3.50. The first kappa shape index (κ1) is 15.1. The Morgan fingerprint density at radius 3 is 2.82 bits per heavy atom. The molecule has 1 aliphatic heterocycles. The molecule has 22 heavy (non-hydrogen) atoms. The van der Waals surface area contributed by atoms with Crippen molar-refractivity contribution in [2.45, 2.75) is 38.1 Å². The number of aromatic nitrogens is 2. The normalized spacial score (nSPS) is 18.4. The first-order chi connectivity index (χ1) is 10.7. The molecule has 0 radical (unpaired) electrons. The molecule has 2 aromatic rings. The van der Waals surface area contributed by atoms with Gasteiger partial charge in [-0.2, -0.15) is 5.10 Å². The number of piperidine rings is 1. The highest BCUT2D eigenvalue weighted by Gasteiger charge is 2.28. The summed E-state index contributed by atoms with van der Waals surface area (Å²) in [4.78, 5) is 14.6. The van der Waals surface area contributed by atoms with Gasteiger partial charge in [-0.15, -0.1) is 0 Å². The van der Waals surface area contributed by atoms with E-state index in [1.807, 2.05) is 35.2 Å². The smallest absolute Gasteiger partial charge is 0.223 e. The van der Waals surface area contributed by atoms with Gasteiger partial charge in [0.1, 0.15) is 0 Å². The third-order valence-corrected chi connectivity index (χ3v) is 4.50. The number of hydrogen-bond donors (Lipinski definition) is 1. The fourth-order valence-corrected chi connectivity index (χ4v) is 3.18. The summed E-state index contributed by atoms with van der Waals surface area (Å²) in [6, 6.07) is 9.82. The van der Waals surface area contributed by atoms with E-state index in [9.17, 15) is 4.79 Å². The predicted octanol–water partition coefficient (Wildman–Crippen LogP) is 3.75. The minimum atomic E-state index is 0.147. The van der Waals surface area contributed by atoms with Crippen molar-refractivity contribution >= 4 is 17.5 Å². The van der Waals surface area contributed by atoms with E-state index in [0.717, 1.165) is 48.5 Å². The highest BCUT2D eigenvalue weighted by Crippen LogP contribution is 2.30. The maximum absolute atomic E-state index is 12.6. The zero-order chi connectivity index (χ0) is 15.4. The Balaban J connectivity index is 1.63. The summed E-state index contributed by atoms with van der Waals surface area (Å²) in [5.41, 5.74) is 2.19. The van der Waals surface area contributed by atoms with Crippen LogP contribution in [-0.4, -0.2) is 27.5 Å². The summed E-state index contributed by atoms with van der Waals surface area (Å²) in [5, 5.41) is 7.76. The van der Waals surface area contributed by atoms with Gasteiger partial charge in [0.15, 0.2) is 0 Å². The number of likely N-dealkylation sites (tertiary alicyclic amines) is 1. The number of nitrogens with one attached hydrogen (secondary N) is 1. The molecule has 1 N–H and O–H groups in total. The number of amides is 1. The molecule has 116 valence electrons. The van der Waals surface area contributed by atoms with Crippen molar-refractivity contribution in [2.24, 2.45) is 0 Å². The molecule has 0 spiro atoms. The highest BCUT2D eigenvalue weighted by molar-refractivity contribution is 6.30. The Morgan fingerprint density at radius 2 is 2.09 bits per heavy atom. The van der Waals surface area contributed by atoms with Crippen LogP contribution < -0.4 is 0 Å². The standard InChI is InChI=1S/C17H20ClN3O/c18-14-7-4-13(5-8-14)6-9-17(22)21-12-2-1-3-16(21)15-10-11-19-20-15/h4-5,7-8,10-11,16H,1-3,6,9,12H2,(H,19,20)/t16-/m0/s1. The molecule has 1 aromatic heterocycles. The van der Waals surface area contributed by atoms with Gasteiger partial charge in [0.2, 0.25) is 5.91 Å². The maximum atomic E-state index is 12.6. The van der Waals surface area contributed by atoms with Gasteiger partial charge in [0, 0.05) is 24.2 Å². The van der Waals surface area contributed by atoms with Crippen LogP contribution in [0.4, 0.5) is 0 Å². The fraction of sp³-hybridized carbons (Fsp3) is 0.412. The largest absolute Gasteiger partial charge is 0.334 e. The molecule has 4 nitrogen and oxygen atoms in total. The Hall–Kier alpha value is -1.81. The van der Waals surface area contributed by atoms with Gasteiger partial charge in [-0.3, -0.25) is 9.89 Å². The van der Waals surface area contributed by atoms with E-state index in [2.05, 4.69) is 10.2 Å². The van der Waals surface area contributed by atoms with E-state index in [4.69, 9.17) is 11.6 Å². The molecule has 1 aliphatic rings.